The minimum atomic E-state index is -0.256. The van der Waals surface area contributed by atoms with Gasteiger partial charge in [0, 0.05) is 48.4 Å². The van der Waals surface area contributed by atoms with Crippen LogP contribution in [-0.2, 0) is 13.0 Å². The molecule has 0 radical (unpaired) electrons. The zero-order chi connectivity index (χ0) is 26.6. The number of aliphatic hydroxyl groups is 1. The highest BCUT2D eigenvalue weighted by atomic mass is 35.5. The molecule has 8 heteroatoms. The van der Waals surface area contributed by atoms with Crippen LogP contribution in [0.15, 0.2) is 36.4 Å². The topological polar surface area (TPSA) is 75.9 Å². The lowest BCUT2D eigenvalue weighted by Gasteiger charge is -2.37. The van der Waals surface area contributed by atoms with Gasteiger partial charge in [-0.25, -0.2) is 0 Å². The molecule has 1 aromatic heterocycles. The minimum absolute atomic E-state index is 0.256. The monoisotopic (exact) mass is 533 g/mol. The van der Waals surface area contributed by atoms with Gasteiger partial charge in [0.05, 0.1) is 18.2 Å². The summed E-state index contributed by atoms with van der Waals surface area (Å²) in [6.45, 7) is 5.53. The fourth-order valence-electron chi connectivity index (χ4n) is 5.81. The Labute approximate surface area is 230 Å². The van der Waals surface area contributed by atoms with E-state index in [2.05, 4.69) is 46.0 Å². The third kappa shape index (κ3) is 5.40. The Morgan fingerprint density at radius 2 is 1.71 bits per heavy atom. The van der Waals surface area contributed by atoms with E-state index in [4.69, 9.17) is 21.3 Å². The molecule has 1 N–H and O–H groups in total. The molecule has 7 nitrogen and oxygen atoms in total. The van der Waals surface area contributed by atoms with Crippen molar-refractivity contribution in [3.8, 4) is 11.9 Å². The summed E-state index contributed by atoms with van der Waals surface area (Å²) in [5, 5.41) is 22.7. The van der Waals surface area contributed by atoms with Crippen LogP contribution >= 0.6 is 11.6 Å². The Morgan fingerprint density at radius 3 is 2.34 bits per heavy atom. The smallest absolute Gasteiger partial charge is 0.233 e. The van der Waals surface area contributed by atoms with E-state index in [1.807, 2.05) is 18.2 Å². The lowest BCUT2D eigenvalue weighted by molar-refractivity contribution is 0.145. The largest absolute Gasteiger partial charge is 0.480 e. The number of aromatic nitrogens is 1. The van der Waals surface area contributed by atoms with Crippen LogP contribution in [0.5, 0.6) is 5.88 Å². The molecule has 38 heavy (non-hydrogen) atoms. The molecule has 3 aliphatic rings. The Bertz CT molecular complexity index is 1320. The van der Waals surface area contributed by atoms with Crippen LogP contribution in [0.25, 0.3) is 10.8 Å². The highest BCUT2D eigenvalue weighted by molar-refractivity contribution is 6.36. The first kappa shape index (κ1) is 26.6. The third-order valence-corrected chi connectivity index (χ3v) is 8.22. The summed E-state index contributed by atoms with van der Waals surface area (Å²) in [5.41, 5.74) is 3.65. The van der Waals surface area contributed by atoms with E-state index in [9.17, 15) is 10.4 Å². The molecule has 2 saturated heterocycles. The number of likely N-dealkylation sites (tertiary alicyclic amines) is 1. The average molecular weight is 534 g/mol. The predicted molar refractivity (Wildman–Crippen MR) is 153 cm³/mol. The van der Waals surface area contributed by atoms with E-state index in [0.29, 0.717) is 18.0 Å². The number of methoxy groups -OCH3 is 1. The van der Waals surface area contributed by atoms with Crippen LogP contribution < -0.4 is 14.5 Å². The number of hydrogen-bond acceptors (Lipinski definition) is 7. The van der Waals surface area contributed by atoms with Crippen LogP contribution in [0.1, 0.15) is 42.4 Å². The molecule has 4 heterocycles. The van der Waals surface area contributed by atoms with Crippen molar-refractivity contribution in [2.75, 3.05) is 56.7 Å². The lowest BCUT2D eigenvalue weighted by Crippen LogP contribution is -2.39. The summed E-state index contributed by atoms with van der Waals surface area (Å²) in [6.07, 6.45) is 4.79. The standard InChI is InChI=1S/C25H25ClN4O2.C5H11N/c1-32-25-19(14-27)20-15-30(22-7-3-5-16-4-2-6-21(26)23(16)22)13-10-18(20)24(28-25)29-11-8-17(31)9-12-29;1-6-4-2-3-5-6/h2-7,17,31H,8-13,15H2,1H3;2-5H2,1H3. The van der Waals surface area contributed by atoms with Crippen molar-refractivity contribution in [3.05, 3.63) is 58.1 Å². The van der Waals surface area contributed by atoms with Crippen LogP contribution in [0.3, 0.4) is 0 Å². The number of aliphatic hydroxyl groups excluding tert-OH is 1. The molecule has 3 aliphatic heterocycles. The Balaban J connectivity index is 0.000000433. The van der Waals surface area contributed by atoms with E-state index in [1.54, 1.807) is 7.11 Å². The molecular weight excluding hydrogens is 498 g/mol. The predicted octanol–water partition coefficient (Wildman–Crippen LogP) is 5.00. The number of rotatable bonds is 3. The lowest BCUT2D eigenvalue weighted by atomic mass is 9.94. The zero-order valence-corrected chi connectivity index (χ0v) is 23.0. The van der Waals surface area contributed by atoms with Crippen molar-refractivity contribution >= 4 is 33.9 Å². The summed E-state index contributed by atoms with van der Waals surface area (Å²) in [6, 6.07) is 14.5. The van der Waals surface area contributed by atoms with Crippen molar-refractivity contribution in [3.63, 3.8) is 0 Å². The molecule has 200 valence electrons. The number of nitrogens with zero attached hydrogens (tertiary/aromatic N) is 5. The Kier molecular flexibility index (Phi) is 8.23. The Hall–Kier alpha value is -3.05. The van der Waals surface area contributed by atoms with Gasteiger partial charge in [0.25, 0.3) is 0 Å². The second-order valence-corrected chi connectivity index (χ2v) is 10.8. The van der Waals surface area contributed by atoms with Crippen molar-refractivity contribution in [1.29, 1.82) is 5.26 Å². The van der Waals surface area contributed by atoms with Gasteiger partial charge in [-0.05, 0) is 69.8 Å². The van der Waals surface area contributed by atoms with Crippen molar-refractivity contribution in [1.82, 2.24) is 9.88 Å². The van der Waals surface area contributed by atoms with E-state index in [-0.39, 0.29) is 6.10 Å². The van der Waals surface area contributed by atoms with Gasteiger partial charge in [-0.15, -0.1) is 0 Å². The number of benzene rings is 2. The number of anilines is 2. The summed E-state index contributed by atoms with van der Waals surface area (Å²) in [4.78, 5) is 11.6. The molecule has 0 unspecified atom stereocenters. The first-order chi connectivity index (χ1) is 18.5. The summed E-state index contributed by atoms with van der Waals surface area (Å²) < 4.78 is 5.54. The second-order valence-electron chi connectivity index (χ2n) is 10.4. The fraction of sp³-hybridized carbons (Fsp3) is 0.467. The molecule has 0 aliphatic carbocycles. The van der Waals surface area contributed by atoms with Gasteiger partial charge in [-0.1, -0.05) is 35.9 Å². The molecule has 6 rings (SSSR count). The van der Waals surface area contributed by atoms with Crippen LogP contribution in [0.4, 0.5) is 11.5 Å². The average Bonchev–Trinajstić information content (AvgIpc) is 3.43. The van der Waals surface area contributed by atoms with Gasteiger partial charge < -0.3 is 24.5 Å². The van der Waals surface area contributed by atoms with Gasteiger partial charge in [0.15, 0.2) is 0 Å². The van der Waals surface area contributed by atoms with Crippen LogP contribution in [0.2, 0.25) is 5.02 Å². The van der Waals surface area contributed by atoms with Crippen molar-refractivity contribution in [2.45, 2.75) is 44.8 Å². The zero-order valence-electron chi connectivity index (χ0n) is 22.3. The van der Waals surface area contributed by atoms with Crippen molar-refractivity contribution < 1.29 is 9.84 Å². The maximum atomic E-state index is 9.96. The molecule has 0 saturated carbocycles. The highest BCUT2D eigenvalue weighted by Gasteiger charge is 2.30. The molecule has 0 atom stereocenters. The second kappa shape index (κ2) is 11.8. The van der Waals surface area contributed by atoms with Gasteiger partial charge in [-0.3, -0.25) is 0 Å². The molecule has 3 aromatic rings. The number of hydrogen-bond donors (Lipinski definition) is 1. The number of ether oxygens (including phenoxy) is 1. The molecule has 0 amide bonds. The third-order valence-electron chi connectivity index (χ3n) is 7.91. The molecule has 0 bridgehead atoms. The normalized spacial score (nSPS) is 18.1. The first-order valence-electron chi connectivity index (χ1n) is 13.5. The summed E-state index contributed by atoms with van der Waals surface area (Å²) >= 11 is 6.59. The van der Waals surface area contributed by atoms with Crippen LogP contribution in [-0.4, -0.2) is 68.0 Å². The number of fused-ring (bicyclic) bond motifs is 2. The van der Waals surface area contributed by atoms with Gasteiger partial charge in [-0.2, -0.15) is 10.2 Å². The molecular formula is C30H36ClN5O2. The van der Waals surface area contributed by atoms with E-state index < -0.39 is 0 Å². The van der Waals surface area contributed by atoms with Gasteiger partial charge in [0.1, 0.15) is 17.5 Å². The van der Waals surface area contributed by atoms with E-state index in [0.717, 1.165) is 77.3 Å². The highest BCUT2D eigenvalue weighted by Crippen LogP contribution is 2.39. The molecule has 2 aromatic carbocycles. The van der Waals surface area contributed by atoms with E-state index >= 15 is 0 Å². The van der Waals surface area contributed by atoms with Crippen molar-refractivity contribution in [2.24, 2.45) is 0 Å². The maximum Gasteiger partial charge on any atom is 0.233 e. The summed E-state index contributed by atoms with van der Waals surface area (Å²) in [7, 11) is 3.73. The van der Waals surface area contributed by atoms with Crippen LogP contribution in [0, 0.1) is 11.3 Å². The van der Waals surface area contributed by atoms with Gasteiger partial charge in [0.2, 0.25) is 5.88 Å². The SMILES string of the molecule is CN1CCCC1.COc1nc(N2CCC(O)CC2)c2c(c1C#N)CN(c1cccc3cccc(Cl)c13)CC2. The minimum Gasteiger partial charge on any atom is -0.480 e. The molecule has 2 fully saturated rings. The maximum absolute atomic E-state index is 9.96. The number of piperidine rings is 1. The van der Waals surface area contributed by atoms with Gasteiger partial charge >= 0.3 is 0 Å². The van der Waals surface area contributed by atoms with E-state index in [1.165, 1.54) is 25.9 Å². The first-order valence-corrected chi connectivity index (χ1v) is 13.9. The fourth-order valence-corrected chi connectivity index (χ4v) is 6.09. The number of nitriles is 1. The number of halogens is 1. The number of pyridine rings is 1. The Morgan fingerprint density at radius 1 is 1.00 bits per heavy atom. The molecule has 0 spiro atoms. The quantitative estimate of drug-likeness (QED) is 0.507. The summed E-state index contributed by atoms with van der Waals surface area (Å²) in [5.74, 6) is 1.25.